The number of rotatable bonds is 21. The number of nitrogens with zero attached hydrogens (tertiary/aromatic N) is 2. The van der Waals surface area contributed by atoms with Gasteiger partial charge < -0.3 is 29.6 Å². The highest BCUT2D eigenvalue weighted by Crippen LogP contribution is 2.34. The van der Waals surface area contributed by atoms with E-state index < -0.39 is 0 Å². The van der Waals surface area contributed by atoms with Crippen LogP contribution < -0.4 is 36.4 Å². The molecule has 1 heterocycles. The number of benzene rings is 3. The third kappa shape index (κ3) is 11.4. The van der Waals surface area contributed by atoms with Gasteiger partial charge in [0, 0.05) is 39.3 Å². The Hall–Kier alpha value is -3.74. The number of hydrogen-bond acceptors (Lipinski definition) is 10. The van der Waals surface area contributed by atoms with Gasteiger partial charge in [0.05, 0.1) is 22.6 Å². The molecule has 1 amide bonds. The lowest BCUT2D eigenvalue weighted by molar-refractivity contribution is -0.136. The molecule has 1 aliphatic heterocycles. The van der Waals surface area contributed by atoms with Crippen LogP contribution in [0.3, 0.4) is 0 Å². The standard InChI is InChI=1S/C37H48Cl2N6O5/c1-25-17-33(38)36(34(39)18-25)50-16-15-49-31-11-7-26(8-12-31)20-29(23-40)37(46)45(30-9-10-30)24-28-19-27(5-3-13-47-2)21-32(22-28)48-14-4-6-35-41-43-44-42-35/h7-8,11-12,17-19,21-22,29-30,43-44H,3-6,9-10,13-16,20,23-24,40H2,1-2H3,(H,41,42). The third-order valence-corrected chi connectivity index (χ3v) is 9.09. The average Bonchev–Trinajstić information content (AvgIpc) is 3.81. The van der Waals surface area contributed by atoms with Gasteiger partial charge >= 0.3 is 0 Å². The second-order valence-corrected chi connectivity index (χ2v) is 13.5. The second-order valence-electron chi connectivity index (χ2n) is 12.7. The molecular formula is C37H48Cl2N6O5. The van der Waals surface area contributed by atoms with Gasteiger partial charge in [-0.1, -0.05) is 41.4 Å². The molecule has 1 aliphatic carbocycles. The van der Waals surface area contributed by atoms with E-state index in [1.165, 1.54) is 5.56 Å². The first-order valence-electron chi connectivity index (χ1n) is 17.2. The molecule has 1 unspecified atom stereocenters. The number of methoxy groups -OCH3 is 1. The summed E-state index contributed by atoms with van der Waals surface area (Å²) in [5.74, 6) is 2.56. The fourth-order valence-corrected chi connectivity index (χ4v) is 6.55. The van der Waals surface area contributed by atoms with Crippen LogP contribution in [0, 0.1) is 12.8 Å². The van der Waals surface area contributed by atoms with E-state index in [4.69, 9.17) is 47.9 Å². The Labute approximate surface area is 304 Å². The van der Waals surface area contributed by atoms with Gasteiger partial charge in [-0.25, -0.2) is 5.53 Å². The first-order chi connectivity index (χ1) is 24.3. The van der Waals surface area contributed by atoms with Gasteiger partial charge in [0.15, 0.2) is 5.75 Å². The fourth-order valence-electron chi connectivity index (χ4n) is 5.85. The number of halogens is 2. The minimum atomic E-state index is -0.337. The van der Waals surface area contributed by atoms with Crippen molar-refractivity contribution in [2.75, 3.05) is 40.1 Å². The molecule has 5 N–H and O–H groups in total. The number of hydrogen-bond donors (Lipinski definition) is 4. The zero-order chi connectivity index (χ0) is 35.3. The van der Waals surface area contributed by atoms with E-state index in [0.29, 0.717) is 60.9 Å². The Morgan fingerprint density at radius 1 is 0.900 bits per heavy atom. The fraction of sp³-hybridized carbons (Fsp3) is 0.459. The zero-order valence-corrected chi connectivity index (χ0v) is 30.3. The molecule has 0 radical (unpaired) electrons. The van der Waals surface area contributed by atoms with Crippen molar-refractivity contribution in [3.8, 4) is 17.2 Å². The molecule has 11 nitrogen and oxygen atoms in total. The second kappa shape index (κ2) is 19.0. The summed E-state index contributed by atoms with van der Waals surface area (Å²) in [4.78, 5) is 16.0. The van der Waals surface area contributed by atoms with E-state index in [2.05, 4.69) is 39.8 Å². The molecule has 5 rings (SSSR count). The predicted octanol–water partition coefficient (Wildman–Crippen LogP) is 5.73. The molecule has 270 valence electrons. The number of ether oxygens (including phenoxy) is 4. The lowest BCUT2D eigenvalue weighted by Crippen LogP contribution is -2.41. The van der Waals surface area contributed by atoms with E-state index in [9.17, 15) is 4.79 Å². The maximum Gasteiger partial charge on any atom is 0.227 e. The molecule has 1 fully saturated rings. The number of carbonyl (C=O) groups is 1. The molecule has 2 aliphatic rings. The zero-order valence-electron chi connectivity index (χ0n) is 28.8. The van der Waals surface area contributed by atoms with Gasteiger partial charge in [-0.3, -0.25) is 10.2 Å². The van der Waals surface area contributed by atoms with Crippen LogP contribution in [-0.2, 0) is 28.9 Å². The number of hydrazine groups is 2. The summed E-state index contributed by atoms with van der Waals surface area (Å²) in [7, 11) is 1.72. The van der Waals surface area contributed by atoms with Crippen molar-refractivity contribution in [2.24, 2.45) is 16.8 Å². The number of amides is 1. The van der Waals surface area contributed by atoms with Crippen molar-refractivity contribution in [3.05, 3.63) is 86.9 Å². The summed E-state index contributed by atoms with van der Waals surface area (Å²) in [6.45, 7) is 4.55. The molecule has 0 bridgehead atoms. The van der Waals surface area contributed by atoms with Crippen LogP contribution in [0.4, 0.5) is 0 Å². The molecule has 3 aromatic rings. The van der Waals surface area contributed by atoms with Crippen LogP contribution in [0.1, 0.15) is 54.4 Å². The van der Waals surface area contributed by atoms with Crippen molar-refractivity contribution < 1.29 is 23.7 Å². The first kappa shape index (κ1) is 37.5. The monoisotopic (exact) mass is 726 g/mol. The topological polar surface area (TPSA) is 132 Å². The highest BCUT2D eigenvalue weighted by atomic mass is 35.5. The maximum absolute atomic E-state index is 14.0. The Balaban J connectivity index is 1.16. The first-order valence-corrected chi connectivity index (χ1v) is 18.0. The Morgan fingerprint density at radius 2 is 1.60 bits per heavy atom. The third-order valence-electron chi connectivity index (χ3n) is 8.52. The van der Waals surface area contributed by atoms with E-state index in [1.807, 2.05) is 48.2 Å². The number of aryl methyl sites for hydroxylation is 2. The molecule has 0 spiro atoms. The summed E-state index contributed by atoms with van der Waals surface area (Å²) in [5, 5.41) is 5.06. The highest BCUT2D eigenvalue weighted by Gasteiger charge is 2.35. The van der Waals surface area contributed by atoms with Crippen LogP contribution in [0.15, 0.2) is 59.7 Å². The van der Waals surface area contributed by atoms with Crippen LogP contribution in [0.25, 0.3) is 0 Å². The number of nitrogens with one attached hydrogen (secondary N) is 3. The van der Waals surface area contributed by atoms with E-state index in [0.717, 1.165) is 66.8 Å². The van der Waals surface area contributed by atoms with Crippen molar-refractivity contribution in [2.45, 2.75) is 64.5 Å². The van der Waals surface area contributed by atoms with Gasteiger partial charge in [0.1, 0.15) is 30.5 Å². The molecule has 1 saturated carbocycles. The summed E-state index contributed by atoms with van der Waals surface area (Å²) in [6, 6.07) is 18.0. The minimum Gasteiger partial charge on any atom is -0.494 e. The molecule has 1 atom stereocenters. The van der Waals surface area contributed by atoms with Crippen LogP contribution >= 0.6 is 23.2 Å². The number of nitrogens with two attached hydrogens (primary N) is 1. The molecule has 13 heteroatoms. The van der Waals surface area contributed by atoms with Crippen molar-refractivity contribution >= 4 is 34.9 Å². The van der Waals surface area contributed by atoms with Crippen molar-refractivity contribution in [1.29, 1.82) is 0 Å². The largest absolute Gasteiger partial charge is 0.494 e. The summed E-state index contributed by atoms with van der Waals surface area (Å²) in [6.07, 6.45) is 5.88. The molecule has 3 aromatic carbocycles. The lowest BCUT2D eigenvalue weighted by Gasteiger charge is -2.27. The Morgan fingerprint density at radius 3 is 2.28 bits per heavy atom. The van der Waals surface area contributed by atoms with Crippen molar-refractivity contribution in [3.63, 3.8) is 0 Å². The maximum atomic E-state index is 14.0. The summed E-state index contributed by atoms with van der Waals surface area (Å²) >= 11 is 12.5. The van der Waals surface area contributed by atoms with Gasteiger partial charge in [-0.15, -0.1) is 10.6 Å². The average molecular weight is 728 g/mol. The van der Waals surface area contributed by atoms with E-state index in [1.54, 1.807) is 7.11 Å². The quantitative estimate of drug-likeness (QED) is 0.102. The molecule has 0 aromatic heterocycles. The number of hydrazone groups is 1. The minimum absolute atomic E-state index is 0.0835. The summed E-state index contributed by atoms with van der Waals surface area (Å²) < 4.78 is 23.1. The Bertz CT molecular complexity index is 1560. The SMILES string of the molecule is COCCCc1cc(CN(C(=O)C(CN)Cc2ccc(OCCOc3c(Cl)cc(C)cc3Cl)cc2)C2CC2)cc(OCCCC2=NNNN2)c1. The van der Waals surface area contributed by atoms with E-state index in [-0.39, 0.29) is 24.4 Å². The smallest absolute Gasteiger partial charge is 0.227 e. The van der Waals surface area contributed by atoms with Crippen molar-refractivity contribution in [1.82, 2.24) is 21.4 Å². The molecule has 50 heavy (non-hydrogen) atoms. The van der Waals surface area contributed by atoms with Crippen LogP contribution in [0.5, 0.6) is 17.2 Å². The van der Waals surface area contributed by atoms with Gasteiger partial charge in [-0.05, 0) is 104 Å². The predicted molar refractivity (Wildman–Crippen MR) is 197 cm³/mol. The van der Waals surface area contributed by atoms with Crippen LogP contribution in [0.2, 0.25) is 10.0 Å². The van der Waals surface area contributed by atoms with Gasteiger partial charge in [0.2, 0.25) is 5.91 Å². The Kier molecular flexibility index (Phi) is 14.3. The molecule has 0 saturated heterocycles. The number of carbonyl (C=O) groups excluding carboxylic acids is 1. The van der Waals surface area contributed by atoms with Gasteiger partial charge in [0.25, 0.3) is 0 Å². The van der Waals surface area contributed by atoms with Gasteiger partial charge in [-0.2, -0.15) is 0 Å². The van der Waals surface area contributed by atoms with Crippen LogP contribution in [-0.4, -0.2) is 62.8 Å². The summed E-state index contributed by atoms with van der Waals surface area (Å²) in [5.41, 5.74) is 18.8. The normalized spacial score (nSPS) is 14.4. The highest BCUT2D eigenvalue weighted by molar-refractivity contribution is 6.37. The van der Waals surface area contributed by atoms with E-state index >= 15 is 0 Å². The molecular weight excluding hydrogens is 679 g/mol. The lowest BCUT2D eigenvalue weighted by atomic mass is 9.97. The number of amidine groups is 1.